The van der Waals surface area contributed by atoms with Crippen LogP contribution in [0.5, 0.6) is 11.5 Å². The lowest BCUT2D eigenvalue weighted by Gasteiger charge is -2.17. The number of halogens is 2. The monoisotopic (exact) mass is 1000 g/mol. The van der Waals surface area contributed by atoms with Crippen LogP contribution in [0.25, 0.3) is 11.3 Å². The highest BCUT2D eigenvalue weighted by atomic mass is 19.3. The summed E-state index contributed by atoms with van der Waals surface area (Å²) in [4.78, 5) is 58.1. The van der Waals surface area contributed by atoms with Crippen LogP contribution in [0.4, 0.5) is 14.6 Å². The number of nitrogens with one attached hydrogen (secondary N) is 6. The lowest BCUT2D eigenvalue weighted by Crippen LogP contribution is -2.31. The van der Waals surface area contributed by atoms with E-state index in [1.807, 2.05) is 33.0 Å². The molecule has 0 unspecified atom stereocenters. The summed E-state index contributed by atoms with van der Waals surface area (Å²) in [6.45, 7) is 10.7. The maximum Gasteiger partial charge on any atom is 0.586 e. The molecule has 0 saturated heterocycles. The number of ketones is 1. The van der Waals surface area contributed by atoms with Crippen LogP contribution in [0.3, 0.4) is 0 Å². The lowest BCUT2D eigenvalue weighted by molar-refractivity contribution is -0.286. The van der Waals surface area contributed by atoms with Crippen molar-refractivity contribution >= 4 is 41.4 Å². The van der Waals surface area contributed by atoms with E-state index in [2.05, 4.69) is 52.6 Å². The zero-order valence-electron chi connectivity index (χ0n) is 40.9. The van der Waals surface area contributed by atoms with Gasteiger partial charge in [-0.1, -0.05) is 62.4 Å². The van der Waals surface area contributed by atoms with E-state index in [-0.39, 0.29) is 47.3 Å². The molecule has 1 aromatic heterocycles. The quantitative estimate of drug-likeness (QED) is 0.0226. The number of anilines is 1. The third-order valence-corrected chi connectivity index (χ3v) is 11.6. The van der Waals surface area contributed by atoms with Crippen molar-refractivity contribution < 1.29 is 52.0 Å². The summed E-state index contributed by atoms with van der Waals surface area (Å²) in [7, 11) is 1.82. The molecule has 3 aromatic rings. The van der Waals surface area contributed by atoms with Gasteiger partial charge in [0, 0.05) is 55.2 Å². The summed E-state index contributed by atoms with van der Waals surface area (Å²) in [5, 5.41) is 31.5. The number of aliphatic hydroxyl groups excluding tert-OH is 1. The predicted molar refractivity (Wildman–Crippen MR) is 274 cm³/mol. The first-order chi connectivity index (χ1) is 35.1. The number of amides is 3. The van der Waals surface area contributed by atoms with Crippen molar-refractivity contribution in [2.45, 2.75) is 57.7 Å². The Bertz CT molecular complexity index is 2770. The van der Waals surface area contributed by atoms with Crippen LogP contribution in [-0.4, -0.2) is 105 Å². The molecule has 0 spiro atoms. The summed E-state index contributed by atoms with van der Waals surface area (Å²) < 4.78 is 47.0. The molecule has 0 bridgehead atoms. The van der Waals surface area contributed by atoms with Gasteiger partial charge in [0.25, 0.3) is 5.91 Å². The molecule has 1 saturated carbocycles. The average Bonchev–Trinajstić information content (AvgIpc) is 4.14. The smallest absolute Gasteiger partial charge is 0.513 e. The third kappa shape index (κ3) is 15.6. The van der Waals surface area contributed by atoms with Crippen LogP contribution in [0.1, 0.15) is 60.5 Å². The summed E-state index contributed by atoms with van der Waals surface area (Å²) in [5.74, 6) is -0.407. The fraction of sp³-hybridized carbons (Fsp3) is 0.315. The van der Waals surface area contributed by atoms with Crippen LogP contribution >= 0.6 is 0 Å². The van der Waals surface area contributed by atoms with Gasteiger partial charge < -0.3 is 50.6 Å². The minimum Gasteiger partial charge on any atom is -0.513 e. The van der Waals surface area contributed by atoms with Gasteiger partial charge in [0.05, 0.1) is 43.2 Å². The van der Waals surface area contributed by atoms with E-state index in [4.69, 9.17) is 20.0 Å². The maximum atomic E-state index is 13.5. The largest absolute Gasteiger partial charge is 0.586 e. The van der Waals surface area contributed by atoms with Crippen LogP contribution < -0.4 is 36.1 Å². The molecule has 19 heteroatoms. The minimum absolute atomic E-state index is 0.0529. The Morgan fingerprint density at radius 1 is 0.918 bits per heavy atom. The molecule has 2 aliphatic heterocycles. The van der Waals surface area contributed by atoms with E-state index in [1.165, 1.54) is 24.3 Å². The normalized spacial score (nSPS) is 16.0. The maximum absolute atomic E-state index is 13.5. The molecular formula is C54H60F2N8O9. The Labute approximate surface area is 422 Å². The van der Waals surface area contributed by atoms with Gasteiger partial charge in [0.2, 0.25) is 11.8 Å². The lowest BCUT2D eigenvalue weighted by atomic mass is 9.94. The number of aliphatic imine (C=N–C) groups is 1. The fourth-order valence-electron chi connectivity index (χ4n) is 7.51. The van der Waals surface area contributed by atoms with Crippen LogP contribution in [0.15, 0.2) is 143 Å². The second-order valence-electron chi connectivity index (χ2n) is 17.0. The van der Waals surface area contributed by atoms with Crippen molar-refractivity contribution in [1.29, 1.82) is 5.41 Å². The summed E-state index contributed by atoms with van der Waals surface area (Å²) in [5.41, 5.74) is 5.91. The first kappa shape index (κ1) is 54.5. The van der Waals surface area contributed by atoms with Crippen molar-refractivity contribution in [3.8, 4) is 22.8 Å². The van der Waals surface area contributed by atoms with Gasteiger partial charge in [-0.25, -0.2) is 9.98 Å². The Morgan fingerprint density at radius 3 is 2.37 bits per heavy atom. The Morgan fingerprint density at radius 2 is 1.67 bits per heavy atom. The number of aliphatic hydroxyl groups is 1. The molecule has 3 heterocycles. The highest BCUT2D eigenvalue weighted by molar-refractivity contribution is 6.07. The van der Waals surface area contributed by atoms with E-state index in [1.54, 1.807) is 67.1 Å². The number of aryl methyl sites for hydroxylation is 1. The summed E-state index contributed by atoms with van der Waals surface area (Å²) in [6.07, 6.45) is 13.4. The van der Waals surface area contributed by atoms with Crippen molar-refractivity contribution in [2.24, 2.45) is 4.99 Å². The van der Waals surface area contributed by atoms with E-state index in [9.17, 15) is 28.0 Å². The van der Waals surface area contributed by atoms with Gasteiger partial charge >= 0.3 is 6.29 Å². The number of aromatic nitrogens is 1. The number of dihydropyridines is 1. The van der Waals surface area contributed by atoms with Crippen LogP contribution in [-0.2, 0) is 29.3 Å². The SMILES string of the molecule is C=C(C=NC(=N)C(CCC)=C1C=CC(=O)C=C1)C1=CN/C(=C\O)C=C1.CNCCNC(=O)CCOCCOCCNC(=O)c1cccc(-c2nc(NC(=O)C3(c4ccc5c(c4)OC(F)(F)O5)CC3)ccc2C)c1. The highest BCUT2D eigenvalue weighted by Gasteiger charge is 2.53. The van der Waals surface area contributed by atoms with E-state index < -0.39 is 11.7 Å². The Balaban J connectivity index is 0.000000292. The van der Waals surface area contributed by atoms with E-state index in [0.717, 1.165) is 35.0 Å². The van der Waals surface area contributed by atoms with Gasteiger partial charge in [-0.05, 0) is 110 Å². The molecule has 0 radical (unpaired) electrons. The number of pyridine rings is 1. The van der Waals surface area contributed by atoms with Gasteiger partial charge in [0.1, 0.15) is 17.9 Å². The van der Waals surface area contributed by atoms with Crippen molar-refractivity contribution in [3.63, 3.8) is 0 Å². The second kappa shape index (κ2) is 26.0. The van der Waals surface area contributed by atoms with Gasteiger partial charge in [-0.2, -0.15) is 0 Å². The Kier molecular flexibility index (Phi) is 19.4. The third-order valence-electron chi connectivity index (χ3n) is 11.6. The number of hydrogen-bond acceptors (Lipinski definition) is 13. The number of allylic oxidation sites excluding steroid dienone is 9. The number of nitrogens with zero attached hydrogens (tertiary/aromatic N) is 2. The topological polar surface area (TPSA) is 235 Å². The molecule has 384 valence electrons. The number of ether oxygens (including phenoxy) is 4. The van der Waals surface area contributed by atoms with Crippen LogP contribution in [0.2, 0.25) is 0 Å². The van der Waals surface area contributed by atoms with Crippen LogP contribution in [0, 0.1) is 12.3 Å². The predicted octanol–water partition coefficient (Wildman–Crippen LogP) is 7.36. The first-order valence-electron chi connectivity index (χ1n) is 23.7. The van der Waals surface area contributed by atoms with E-state index >= 15 is 0 Å². The molecule has 0 atom stereocenters. The van der Waals surface area contributed by atoms with Gasteiger partial charge in [-0.3, -0.25) is 24.6 Å². The number of carbonyl (C=O) groups excluding carboxylic acids is 4. The standard InChI is InChI=1S/C34H39F2N5O7.C20H21N3O2/c1-22-6-9-28(41-32(44)33(11-12-33)25-7-8-26-27(21-25)48-34(35,36)47-26)40-30(22)23-4-3-5-24(20-23)31(43)39-15-17-46-19-18-45-16-10-29(42)38-14-13-37-2;1-3-4-19(15-6-9-18(25)10-7-15)20(21)23-11-14(2)16-5-8-17(13-24)22-12-16/h3-9,20-21,37H,10-19H2,1-2H3,(H,38,42)(H,39,43)(H,40,41,44);5-13,21-22,24H,2-4H2,1H3/b;17-13-,21-20?,23-11?. The number of alkyl halides is 2. The van der Waals surface area contributed by atoms with Crippen molar-refractivity contribution in [1.82, 2.24) is 26.3 Å². The molecule has 2 aromatic carbocycles. The van der Waals surface area contributed by atoms with Crippen molar-refractivity contribution in [2.75, 3.05) is 58.4 Å². The molecule has 1 fully saturated rings. The number of amidine groups is 1. The Hall–Kier alpha value is -7.87. The van der Waals surface area contributed by atoms with Gasteiger partial charge in [-0.15, -0.1) is 8.78 Å². The summed E-state index contributed by atoms with van der Waals surface area (Å²) in [6, 6.07) is 14.9. The molecule has 7 N–H and O–H groups in total. The molecule has 3 amide bonds. The van der Waals surface area contributed by atoms with E-state index in [0.29, 0.717) is 105 Å². The number of hydrogen-bond donors (Lipinski definition) is 7. The molecule has 4 aliphatic rings. The zero-order valence-corrected chi connectivity index (χ0v) is 40.9. The number of fused-ring (bicyclic) bond motifs is 1. The molecular weight excluding hydrogens is 943 g/mol. The molecule has 7 rings (SSSR count). The molecule has 17 nitrogen and oxygen atoms in total. The fourth-order valence-corrected chi connectivity index (χ4v) is 7.51. The number of rotatable bonds is 22. The second-order valence-corrected chi connectivity index (χ2v) is 17.0. The van der Waals surface area contributed by atoms with Crippen molar-refractivity contribution in [3.05, 3.63) is 155 Å². The number of likely N-dealkylation sites (N-methyl/N-ethyl adjacent to an activating group) is 1. The minimum atomic E-state index is -3.74. The number of benzene rings is 2. The summed E-state index contributed by atoms with van der Waals surface area (Å²) >= 11 is 0. The molecule has 73 heavy (non-hydrogen) atoms. The first-order valence-corrected chi connectivity index (χ1v) is 23.7. The molecule has 2 aliphatic carbocycles. The highest BCUT2D eigenvalue weighted by Crippen LogP contribution is 2.52. The van der Waals surface area contributed by atoms with Gasteiger partial charge in [0.15, 0.2) is 17.3 Å². The zero-order chi connectivity index (χ0) is 52.4. The number of carbonyl (C=O) groups is 4. The average molecular weight is 1000 g/mol.